The van der Waals surface area contributed by atoms with E-state index in [-0.39, 0.29) is 5.91 Å². The van der Waals surface area contributed by atoms with Gasteiger partial charge in [-0.3, -0.25) is 4.79 Å². The second-order valence-electron chi connectivity index (χ2n) is 4.59. The summed E-state index contributed by atoms with van der Waals surface area (Å²) in [6.45, 7) is 5.51. The Morgan fingerprint density at radius 3 is 2.71 bits per heavy atom. The number of nitrogens with two attached hydrogens (primary N) is 1. The highest BCUT2D eigenvalue weighted by molar-refractivity contribution is 6.00. The zero-order chi connectivity index (χ0) is 12.4. The lowest BCUT2D eigenvalue weighted by atomic mass is 10.0. The SMILES string of the molecule is CC1=CCN(C(=O)c2c(C)cccc2N)CC1. The van der Waals surface area contributed by atoms with Crippen molar-refractivity contribution in [2.75, 3.05) is 18.8 Å². The van der Waals surface area contributed by atoms with Gasteiger partial charge in [0.05, 0.1) is 5.56 Å². The average molecular weight is 230 g/mol. The summed E-state index contributed by atoms with van der Waals surface area (Å²) in [6.07, 6.45) is 3.06. The quantitative estimate of drug-likeness (QED) is 0.594. The fourth-order valence-electron chi connectivity index (χ4n) is 2.10. The van der Waals surface area contributed by atoms with E-state index in [0.29, 0.717) is 17.8 Å². The highest BCUT2D eigenvalue weighted by Gasteiger charge is 2.20. The van der Waals surface area contributed by atoms with Gasteiger partial charge in [0, 0.05) is 18.8 Å². The Morgan fingerprint density at radius 1 is 1.35 bits per heavy atom. The lowest BCUT2D eigenvalue weighted by molar-refractivity contribution is 0.0769. The Labute approximate surface area is 102 Å². The molecule has 0 radical (unpaired) electrons. The fraction of sp³-hybridized carbons (Fsp3) is 0.357. The van der Waals surface area contributed by atoms with Crippen LogP contribution in [0, 0.1) is 6.92 Å². The first-order valence-corrected chi connectivity index (χ1v) is 5.89. The molecule has 0 fully saturated rings. The Morgan fingerprint density at radius 2 is 2.12 bits per heavy atom. The van der Waals surface area contributed by atoms with Crippen molar-refractivity contribution >= 4 is 11.6 Å². The molecular formula is C14H18N2O. The summed E-state index contributed by atoms with van der Waals surface area (Å²) in [5, 5.41) is 0. The van der Waals surface area contributed by atoms with Crippen LogP contribution in [0.3, 0.4) is 0 Å². The van der Waals surface area contributed by atoms with E-state index in [2.05, 4.69) is 13.0 Å². The normalized spacial score (nSPS) is 15.6. The molecule has 1 aromatic carbocycles. The predicted molar refractivity (Wildman–Crippen MR) is 69.9 cm³/mol. The van der Waals surface area contributed by atoms with E-state index in [4.69, 9.17) is 5.73 Å². The van der Waals surface area contributed by atoms with Gasteiger partial charge in [0.15, 0.2) is 0 Å². The second kappa shape index (κ2) is 4.62. The van der Waals surface area contributed by atoms with E-state index in [0.717, 1.165) is 18.5 Å². The van der Waals surface area contributed by atoms with Crippen molar-refractivity contribution in [2.24, 2.45) is 0 Å². The zero-order valence-electron chi connectivity index (χ0n) is 10.4. The number of anilines is 1. The molecule has 1 aliphatic rings. The number of hydrogen-bond acceptors (Lipinski definition) is 2. The average Bonchev–Trinajstić information content (AvgIpc) is 2.29. The summed E-state index contributed by atoms with van der Waals surface area (Å²) >= 11 is 0. The third-order valence-corrected chi connectivity index (χ3v) is 3.24. The van der Waals surface area contributed by atoms with Crippen molar-refractivity contribution in [3.8, 4) is 0 Å². The van der Waals surface area contributed by atoms with Crippen molar-refractivity contribution in [2.45, 2.75) is 20.3 Å². The van der Waals surface area contributed by atoms with Gasteiger partial charge >= 0.3 is 0 Å². The van der Waals surface area contributed by atoms with Gasteiger partial charge in [-0.05, 0) is 31.9 Å². The summed E-state index contributed by atoms with van der Waals surface area (Å²) in [5.41, 5.74) is 9.42. The van der Waals surface area contributed by atoms with E-state index in [1.165, 1.54) is 5.57 Å². The van der Waals surface area contributed by atoms with Crippen molar-refractivity contribution < 1.29 is 4.79 Å². The Balaban J connectivity index is 2.26. The minimum atomic E-state index is 0.0457. The highest BCUT2D eigenvalue weighted by Crippen LogP contribution is 2.20. The van der Waals surface area contributed by atoms with Gasteiger partial charge in [0.1, 0.15) is 0 Å². The number of nitrogen functional groups attached to an aromatic ring is 1. The van der Waals surface area contributed by atoms with Crippen molar-refractivity contribution in [3.05, 3.63) is 41.0 Å². The number of aryl methyl sites for hydroxylation is 1. The van der Waals surface area contributed by atoms with E-state index >= 15 is 0 Å². The van der Waals surface area contributed by atoms with Crippen LogP contribution in [0.1, 0.15) is 29.3 Å². The first-order valence-electron chi connectivity index (χ1n) is 5.89. The molecule has 2 N–H and O–H groups in total. The molecule has 1 amide bonds. The molecular weight excluding hydrogens is 212 g/mol. The lowest BCUT2D eigenvalue weighted by Gasteiger charge is -2.26. The van der Waals surface area contributed by atoms with Gasteiger partial charge < -0.3 is 10.6 Å². The number of carbonyl (C=O) groups is 1. The van der Waals surface area contributed by atoms with Crippen molar-refractivity contribution in [1.29, 1.82) is 0 Å². The predicted octanol–water partition coefficient (Wildman–Crippen LogP) is 2.37. The first kappa shape index (κ1) is 11.7. The van der Waals surface area contributed by atoms with E-state index in [1.807, 2.05) is 24.0 Å². The fourth-order valence-corrected chi connectivity index (χ4v) is 2.10. The maximum Gasteiger partial charge on any atom is 0.256 e. The molecule has 0 atom stereocenters. The van der Waals surface area contributed by atoms with E-state index in [1.54, 1.807) is 6.07 Å². The second-order valence-corrected chi connectivity index (χ2v) is 4.59. The molecule has 0 aliphatic carbocycles. The number of hydrogen-bond donors (Lipinski definition) is 1. The van der Waals surface area contributed by atoms with Crippen LogP contribution in [0.4, 0.5) is 5.69 Å². The smallest absolute Gasteiger partial charge is 0.256 e. The molecule has 0 aromatic heterocycles. The number of nitrogens with zero attached hydrogens (tertiary/aromatic N) is 1. The van der Waals surface area contributed by atoms with E-state index < -0.39 is 0 Å². The van der Waals surface area contributed by atoms with Crippen LogP contribution < -0.4 is 5.73 Å². The summed E-state index contributed by atoms with van der Waals surface area (Å²) in [7, 11) is 0. The molecule has 1 aromatic rings. The number of carbonyl (C=O) groups excluding carboxylic acids is 1. The molecule has 0 saturated heterocycles. The van der Waals surface area contributed by atoms with Gasteiger partial charge in [-0.15, -0.1) is 0 Å². The van der Waals surface area contributed by atoms with Crippen LogP contribution in [0.2, 0.25) is 0 Å². The van der Waals surface area contributed by atoms with Crippen LogP contribution in [0.15, 0.2) is 29.8 Å². The van der Waals surface area contributed by atoms with Gasteiger partial charge in [0.2, 0.25) is 0 Å². The first-order chi connectivity index (χ1) is 8.09. The largest absolute Gasteiger partial charge is 0.398 e. The maximum absolute atomic E-state index is 12.4. The van der Waals surface area contributed by atoms with Gasteiger partial charge in [-0.2, -0.15) is 0 Å². The summed E-state index contributed by atoms with van der Waals surface area (Å²) in [4.78, 5) is 14.2. The standard InChI is InChI=1S/C14H18N2O/c1-10-6-8-16(9-7-10)14(17)13-11(2)4-3-5-12(13)15/h3-6H,7-9,15H2,1-2H3. The molecule has 0 unspecified atom stereocenters. The molecule has 0 spiro atoms. The number of amides is 1. The zero-order valence-corrected chi connectivity index (χ0v) is 10.4. The summed E-state index contributed by atoms with van der Waals surface area (Å²) < 4.78 is 0. The highest BCUT2D eigenvalue weighted by atomic mass is 16.2. The topological polar surface area (TPSA) is 46.3 Å². The minimum absolute atomic E-state index is 0.0457. The summed E-state index contributed by atoms with van der Waals surface area (Å²) in [5.74, 6) is 0.0457. The van der Waals surface area contributed by atoms with E-state index in [9.17, 15) is 4.79 Å². The van der Waals surface area contributed by atoms with Gasteiger partial charge in [0.25, 0.3) is 5.91 Å². The third kappa shape index (κ3) is 2.33. The molecule has 1 heterocycles. The monoisotopic (exact) mass is 230 g/mol. The van der Waals surface area contributed by atoms with Crippen LogP contribution in [-0.2, 0) is 0 Å². The van der Waals surface area contributed by atoms with Crippen LogP contribution in [0.5, 0.6) is 0 Å². The maximum atomic E-state index is 12.4. The summed E-state index contributed by atoms with van der Waals surface area (Å²) in [6, 6.07) is 5.58. The molecule has 3 heteroatoms. The Hall–Kier alpha value is -1.77. The molecule has 90 valence electrons. The molecule has 0 bridgehead atoms. The Bertz CT molecular complexity index is 457. The third-order valence-electron chi connectivity index (χ3n) is 3.24. The van der Waals surface area contributed by atoms with Gasteiger partial charge in [-0.25, -0.2) is 0 Å². The molecule has 2 rings (SSSR count). The van der Waals surface area contributed by atoms with Crippen molar-refractivity contribution in [1.82, 2.24) is 4.90 Å². The molecule has 3 nitrogen and oxygen atoms in total. The van der Waals surface area contributed by atoms with Crippen LogP contribution in [0.25, 0.3) is 0 Å². The van der Waals surface area contributed by atoms with Crippen LogP contribution in [-0.4, -0.2) is 23.9 Å². The molecule has 1 aliphatic heterocycles. The number of benzene rings is 1. The number of rotatable bonds is 1. The molecule has 17 heavy (non-hydrogen) atoms. The lowest BCUT2D eigenvalue weighted by Crippen LogP contribution is -2.35. The molecule has 0 saturated carbocycles. The Kier molecular flexibility index (Phi) is 3.18. The van der Waals surface area contributed by atoms with Gasteiger partial charge in [-0.1, -0.05) is 23.8 Å². The van der Waals surface area contributed by atoms with Crippen molar-refractivity contribution in [3.63, 3.8) is 0 Å². The minimum Gasteiger partial charge on any atom is -0.398 e. The van der Waals surface area contributed by atoms with Crippen LogP contribution >= 0.6 is 0 Å².